The summed E-state index contributed by atoms with van der Waals surface area (Å²) in [4.78, 5) is 18.3. The van der Waals surface area contributed by atoms with E-state index in [0.29, 0.717) is 26.4 Å². The van der Waals surface area contributed by atoms with Crippen LogP contribution in [0, 0.1) is 5.82 Å². The Balaban J connectivity index is 1.64. The summed E-state index contributed by atoms with van der Waals surface area (Å²) >= 11 is 0. The Hall–Kier alpha value is -1.57. The molecule has 132 valence electrons. The molecule has 1 N–H and O–H groups in total. The minimum Gasteiger partial charge on any atom is -0.379 e. The van der Waals surface area contributed by atoms with Crippen molar-refractivity contribution >= 4 is 5.91 Å². The van der Waals surface area contributed by atoms with Gasteiger partial charge in [-0.25, -0.2) is 4.39 Å². The highest BCUT2D eigenvalue weighted by Gasteiger charge is 2.49. The van der Waals surface area contributed by atoms with Crippen LogP contribution in [0.4, 0.5) is 4.39 Å². The highest BCUT2D eigenvalue weighted by atomic mass is 19.1. The molecule has 6 nitrogen and oxygen atoms in total. The van der Waals surface area contributed by atoms with Crippen molar-refractivity contribution in [2.24, 2.45) is 0 Å². The average Bonchev–Trinajstić information content (AvgIpc) is 2.58. The number of nitrogens with one attached hydrogen (secondary N) is 1. The first-order chi connectivity index (χ1) is 11.6. The van der Waals surface area contributed by atoms with Crippen molar-refractivity contribution in [2.45, 2.75) is 31.4 Å². The third kappa shape index (κ3) is 3.58. The molecule has 0 aromatic carbocycles. The van der Waals surface area contributed by atoms with Gasteiger partial charge in [0, 0.05) is 38.0 Å². The molecule has 1 aromatic heterocycles. The average molecular weight is 337 g/mol. The molecule has 0 atom stereocenters. The van der Waals surface area contributed by atoms with Gasteiger partial charge in [-0.3, -0.25) is 14.7 Å². The van der Waals surface area contributed by atoms with Crippen LogP contribution in [0.2, 0.25) is 0 Å². The lowest BCUT2D eigenvalue weighted by atomic mass is 9.72. The number of hydrogen-bond acceptors (Lipinski definition) is 5. The van der Waals surface area contributed by atoms with Gasteiger partial charge >= 0.3 is 0 Å². The topological polar surface area (TPSA) is 63.7 Å². The second kappa shape index (κ2) is 7.55. The number of aromatic nitrogens is 1. The quantitative estimate of drug-likeness (QED) is 0.846. The van der Waals surface area contributed by atoms with E-state index in [2.05, 4.69) is 15.2 Å². The van der Waals surface area contributed by atoms with Crippen molar-refractivity contribution in [3.05, 3.63) is 29.8 Å². The molecule has 0 spiro atoms. The zero-order chi connectivity index (χ0) is 17.0. The molecule has 1 amide bonds. The van der Waals surface area contributed by atoms with Gasteiger partial charge in [0.1, 0.15) is 0 Å². The molecule has 1 aliphatic heterocycles. The van der Waals surface area contributed by atoms with Crippen molar-refractivity contribution in [1.29, 1.82) is 0 Å². The number of hydrogen-bond donors (Lipinski definition) is 1. The molecule has 1 saturated heterocycles. The standard InChI is InChI=1S/C17H24FN3O3/c1-2-24-13-9-17(10-13,21-5-7-23-8-6-21)12-20-16(22)14-3-4-19-11-15(14)18/h3-4,11,13H,2,5-10,12H2,1H3,(H,20,22). The second-order valence-corrected chi connectivity index (χ2v) is 6.35. The van der Waals surface area contributed by atoms with Crippen LogP contribution >= 0.6 is 0 Å². The molecule has 24 heavy (non-hydrogen) atoms. The molecule has 2 fully saturated rings. The number of rotatable bonds is 6. The van der Waals surface area contributed by atoms with Gasteiger partial charge in [-0.2, -0.15) is 0 Å². The molecule has 2 heterocycles. The van der Waals surface area contributed by atoms with Gasteiger partial charge in [0.15, 0.2) is 5.82 Å². The third-order valence-corrected chi connectivity index (χ3v) is 4.89. The Morgan fingerprint density at radius 2 is 2.25 bits per heavy atom. The first-order valence-corrected chi connectivity index (χ1v) is 8.47. The molecule has 0 radical (unpaired) electrons. The van der Waals surface area contributed by atoms with Crippen LogP contribution in [-0.4, -0.2) is 66.9 Å². The van der Waals surface area contributed by atoms with Gasteiger partial charge in [-0.1, -0.05) is 0 Å². The lowest BCUT2D eigenvalue weighted by Gasteiger charge is -2.55. The fourth-order valence-corrected chi connectivity index (χ4v) is 3.59. The molecule has 1 aromatic rings. The Kier molecular flexibility index (Phi) is 5.43. The monoisotopic (exact) mass is 337 g/mol. The van der Waals surface area contributed by atoms with E-state index in [4.69, 9.17) is 9.47 Å². The summed E-state index contributed by atoms with van der Waals surface area (Å²) in [6.07, 6.45) is 4.46. The lowest BCUT2D eigenvalue weighted by molar-refractivity contribution is -0.124. The summed E-state index contributed by atoms with van der Waals surface area (Å²) in [5, 5.41) is 2.90. The van der Waals surface area contributed by atoms with Crippen molar-refractivity contribution in [1.82, 2.24) is 15.2 Å². The van der Waals surface area contributed by atoms with Crippen LogP contribution in [0.3, 0.4) is 0 Å². The maximum atomic E-state index is 13.7. The second-order valence-electron chi connectivity index (χ2n) is 6.35. The maximum absolute atomic E-state index is 13.7. The molecule has 0 bridgehead atoms. The van der Waals surface area contributed by atoms with E-state index in [1.807, 2.05) is 6.92 Å². The van der Waals surface area contributed by atoms with Gasteiger partial charge in [-0.05, 0) is 25.8 Å². The molecule has 3 rings (SSSR count). The number of carbonyl (C=O) groups is 1. The van der Waals surface area contributed by atoms with E-state index in [-0.39, 0.29) is 17.2 Å². The zero-order valence-corrected chi connectivity index (χ0v) is 14.0. The Bertz CT molecular complexity index is 572. The number of nitrogens with zero attached hydrogens (tertiary/aromatic N) is 2. The number of pyridine rings is 1. The van der Waals surface area contributed by atoms with Crippen LogP contribution in [0.5, 0.6) is 0 Å². The van der Waals surface area contributed by atoms with Gasteiger partial charge in [-0.15, -0.1) is 0 Å². The smallest absolute Gasteiger partial charge is 0.254 e. The van der Waals surface area contributed by atoms with Gasteiger partial charge in [0.2, 0.25) is 0 Å². The fraction of sp³-hybridized carbons (Fsp3) is 0.647. The van der Waals surface area contributed by atoms with Crippen molar-refractivity contribution in [3.63, 3.8) is 0 Å². The number of amides is 1. The summed E-state index contributed by atoms with van der Waals surface area (Å²) in [5.41, 5.74) is -0.0919. The predicted molar refractivity (Wildman–Crippen MR) is 86.3 cm³/mol. The third-order valence-electron chi connectivity index (χ3n) is 4.89. The fourth-order valence-electron chi connectivity index (χ4n) is 3.59. The number of morpholine rings is 1. The van der Waals surface area contributed by atoms with E-state index in [1.54, 1.807) is 0 Å². The summed E-state index contributed by atoms with van der Waals surface area (Å²) in [7, 11) is 0. The Labute approximate surface area is 141 Å². The lowest BCUT2D eigenvalue weighted by Crippen LogP contribution is -2.67. The molecule has 2 aliphatic rings. The molecular weight excluding hydrogens is 313 g/mol. The normalized spacial score (nSPS) is 27.5. The SMILES string of the molecule is CCOC1CC(CNC(=O)c2ccncc2F)(N2CCOCC2)C1. The first-order valence-electron chi connectivity index (χ1n) is 8.47. The van der Waals surface area contributed by atoms with E-state index >= 15 is 0 Å². The summed E-state index contributed by atoms with van der Waals surface area (Å²) < 4.78 is 24.8. The summed E-state index contributed by atoms with van der Waals surface area (Å²) in [6.45, 7) is 6.26. The zero-order valence-electron chi connectivity index (χ0n) is 14.0. The molecule has 7 heteroatoms. The van der Waals surface area contributed by atoms with Crippen molar-refractivity contribution in [2.75, 3.05) is 39.5 Å². The number of ether oxygens (including phenoxy) is 2. The van der Waals surface area contributed by atoms with Gasteiger partial charge in [0.25, 0.3) is 5.91 Å². The minimum absolute atomic E-state index is 0.0304. The van der Waals surface area contributed by atoms with Crippen LogP contribution in [-0.2, 0) is 9.47 Å². The first kappa shape index (κ1) is 17.3. The maximum Gasteiger partial charge on any atom is 0.254 e. The Morgan fingerprint density at radius 3 is 2.92 bits per heavy atom. The molecular formula is C17H24FN3O3. The van der Waals surface area contributed by atoms with Gasteiger partial charge in [0.05, 0.1) is 31.1 Å². The minimum atomic E-state index is -0.601. The summed E-state index contributed by atoms with van der Waals surface area (Å²) in [6, 6.07) is 1.40. The number of carbonyl (C=O) groups excluding carboxylic acids is 1. The molecule has 1 aliphatic carbocycles. The van der Waals surface area contributed by atoms with E-state index in [1.165, 1.54) is 12.3 Å². The number of halogens is 1. The van der Waals surface area contributed by atoms with E-state index < -0.39 is 11.7 Å². The van der Waals surface area contributed by atoms with E-state index in [0.717, 1.165) is 32.1 Å². The predicted octanol–water partition coefficient (Wildman–Crippen LogP) is 1.22. The largest absolute Gasteiger partial charge is 0.379 e. The van der Waals surface area contributed by atoms with Crippen molar-refractivity contribution < 1.29 is 18.7 Å². The van der Waals surface area contributed by atoms with Crippen molar-refractivity contribution in [3.8, 4) is 0 Å². The van der Waals surface area contributed by atoms with Gasteiger partial charge < -0.3 is 14.8 Å². The van der Waals surface area contributed by atoms with E-state index in [9.17, 15) is 9.18 Å². The van der Waals surface area contributed by atoms with Crippen LogP contribution in [0.15, 0.2) is 18.5 Å². The molecule has 1 saturated carbocycles. The molecule has 0 unspecified atom stereocenters. The summed E-state index contributed by atoms with van der Waals surface area (Å²) in [5.74, 6) is -1.00. The highest BCUT2D eigenvalue weighted by Crippen LogP contribution is 2.40. The van der Waals surface area contributed by atoms with Crippen LogP contribution in [0.1, 0.15) is 30.1 Å². The van der Waals surface area contributed by atoms with Crippen LogP contribution in [0.25, 0.3) is 0 Å². The highest BCUT2D eigenvalue weighted by molar-refractivity contribution is 5.94. The Morgan fingerprint density at radius 1 is 1.50 bits per heavy atom. The van der Waals surface area contributed by atoms with Crippen LogP contribution < -0.4 is 5.32 Å².